The summed E-state index contributed by atoms with van der Waals surface area (Å²) in [6, 6.07) is 5.50. The molecule has 1 atom stereocenters. The molecule has 0 saturated heterocycles. The molecule has 0 aromatic heterocycles. The van der Waals surface area contributed by atoms with E-state index in [4.69, 9.17) is 0 Å². The quantitative estimate of drug-likeness (QED) is 0.851. The van der Waals surface area contributed by atoms with Crippen molar-refractivity contribution >= 4 is 9.84 Å². The van der Waals surface area contributed by atoms with Crippen molar-refractivity contribution in [3.05, 3.63) is 29.3 Å². The van der Waals surface area contributed by atoms with Crippen LogP contribution in [0.3, 0.4) is 0 Å². The molecule has 0 radical (unpaired) electrons. The molecule has 0 saturated carbocycles. The number of rotatable bonds is 6. The lowest BCUT2D eigenvalue weighted by Gasteiger charge is -2.36. The second-order valence-electron chi connectivity index (χ2n) is 7.16. The molecule has 0 spiro atoms. The summed E-state index contributed by atoms with van der Waals surface area (Å²) >= 11 is 0. The molecule has 0 amide bonds. The average Bonchev–Trinajstić information content (AvgIpc) is 2.56. The van der Waals surface area contributed by atoms with Crippen molar-refractivity contribution in [3.8, 4) is 0 Å². The van der Waals surface area contributed by atoms with Crippen LogP contribution >= 0.6 is 0 Å². The zero-order valence-electron chi connectivity index (χ0n) is 14.6. The first-order chi connectivity index (χ1) is 10.8. The van der Waals surface area contributed by atoms with Crippen LogP contribution in [0.1, 0.15) is 63.5 Å². The predicted molar refractivity (Wildman–Crippen MR) is 94.4 cm³/mol. The maximum atomic E-state index is 13.0. The molecule has 130 valence electrons. The summed E-state index contributed by atoms with van der Waals surface area (Å²) in [5, 5.41) is 11.0. The van der Waals surface area contributed by atoms with Gasteiger partial charge in [0.25, 0.3) is 0 Å². The molecule has 1 aliphatic heterocycles. The van der Waals surface area contributed by atoms with E-state index in [0.29, 0.717) is 11.3 Å². The van der Waals surface area contributed by atoms with E-state index in [2.05, 4.69) is 13.8 Å². The number of hydrogen-bond donors (Lipinski definition) is 1. The van der Waals surface area contributed by atoms with Crippen molar-refractivity contribution in [2.24, 2.45) is 5.41 Å². The van der Waals surface area contributed by atoms with E-state index in [0.717, 1.165) is 49.7 Å². The fourth-order valence-electron chi connectivity index (χ4n) is 3.81. The molecule has 1 aromatic rings. The van der Waals surface area contributed by atoms with Crippen LogP contribution in [0, 0.1) is 12.3 Å². The molecule has 1 N–H and O–H groups in total. The summed E-state index contributed by atoms with van der Waals surface area (Å²) in [6.45, 7) is 6.19. The fourth-order valence-corrected chi connectivity index (χ4v) is 6.02. The summed E-state index contributed by atoms with van der Waals surface area (Å²) in [5.74, 6) is 0.0806. The second kappa shape index (κ2) is 7.35. The maximum Gasteiger partial charge on any atom is 0.179 e. The monoisotopic (exact) mass is 338 g/mol. The Morgan fingerprint density at radius 2 is 1.78 bits per heavy atom. The number of aryl methyl sites for hydroxylation is 1. The fraction of sp³-hybridized carbons (Fsp3) is 0.684. The van der Waals surface area contributed by atoms with Crippen LogP contribution in [0.15, 0.2) is 23.1 Å². The summed E-state index contributed by atoms with van der Waals surface area (Å²) in [7, 11) is -3.36. The number of unbranched alkanes of at least 4 members (excludes halogenated alkanes) is 2. The summed E-state index contributed by atoms with van der Waals surface area (Å²) in [6.07, 6.45) is 5.41. The molecule has 4 heteroatoms. The molecular weight excluding hydrogens is 308 g/mol. The van der Waals surface area contributed by atoms with Gasteiger partial charge in [-0.1, -0.05) is 57.2 Å². The Hall–Kier alpha value is -0.870. The van der Waals surface area contributed by atoms with Crippen molar-refractivity contribution < 1.29 is 13.5 Å². The molecular formula is C19H30O3S. The number of benzene rings is 1. The molecule has 23 heavy (non-hydrogen) atoms. The van der Waals surface area contributed by atoms with Crippen LogP contribution < -0.4 is 0 Å². The topological polar surface area (TPSA) is 54.4 Å². The normalized spacial score (nSPS) is 22.3. The Kier molecular flexibility index (Phi) is 5.90. The van der Waals surface area contributed by atoms with Gasteiger partial charge in [-0.15, -0.1) is 0 Å². The van der Waals surface area contributed by atoms with E-state index >= 15 is 0 Å². The zero-order chi connectivity index (χ0) is 17.1. The summed E-state index contributed by atoms with van der Waals surface area (Å²) in [5.41, 5.74) is 1.32. The third-order valence-corrected chi connectivity index (χ3v) is 7.23. The van der Waals surface area contributed by atoms with Gasteiger partial charge in [0.05, 0.1) is 16.8 Å². The molecule has 1 aliphatic rings. The van der Waals surface area contributed by atoms with Crippen molar-refractivity contribution in [1.29, 1.82) is 0 Å². The molecule has 3 nitrogen and oxygen atoms in total. The van der Waals surface area contributed by atoms with Gasteiger partial charge < -0.3 is 5.11 Å². The van der Waals surface area contributed by atoms with Gasteiger partial charge in [0.1, 0.15) is 0 Å². The van der Waals surface area contributed by atoms with Gasteiger partial charge in [-0.2, -0.15) is 0 Å². The first kappa shape index (κ1) is 18.5. The van der Waals surface area contributed by atoms with Gasteiger partial charge in [-0.05, 0) is 31.4 Å². The van der Waals surface area contributed by atoms with E-state index in [9.17, 15) is 13.5 Å². The van der Waals surface area contributed by atoms with Crippen molar-refractivity contribution in [2.45, 2.75) is 76.7 Å². The SMILES string of the molecule is CCCCC1(CCCC)CS(=O)(=O)c2ccc(C)cc2CC1O. The molecule has 0 aliphatic carbocycles. The number of hydrogen-bond acceptors (Lipinski definition) is 3. The van der Waals surface area contributed by atoms with Crippen molar-refractivity contribution in [2.75, 3.05) is 5.75 Å². The van der Waals surface area contributed by atoms with Gasteiger partial charge in [-0.25, -0.2) is 8.42 Å². The van der Waals surface area contributed by atoms with E-state index in [1.807, 2.05) is 19.1 Å². The lowest BCUT2D eigenvalue weighted by atomic mass is 9.73. The highest BCUT2D eigenvalue weighted by Crippen LogP contribution is 2.42. The van der Waals surface area contributed by atoms with Crippen molar-refractivity contribution in [3.63, 3.8) is 0 Å². The lowest BCUT2D eigenvalue weighted by molar-refractivity contribution is 0.0250. The number of sulfone groups is 1. The Morgan fingerprint density at radius 3 is 2.35 bits per heavy atom. The number of fused-ring (bicyclic) bond motifs is 1. The summed E-state index contributed by atoms with van der Waals surface area (Å²) in [4.78, 5) is 0.428. The summed E-state index contributed by atoms with van der Waals surface area (Å²) < 4.78 is 26.0. The first-order valence-corrected chi connectivity index (χ1v) is 10.5. The average molecular weight is 339 g/mol. The maximum absolute atomic E-state index is 13.0. The highest BCUT2D eigenvalue weighted by atomic mass is 32.2. The van der Waals surface area contributed by atoms with Crippen LogP contribution in [0.4, 0.5) is 0 Å². The third kappa shape index (κ3) is 3.97. The second-order valence-corrected chi connectivity index (χ2v) is 9.12. The van der Waals surface area contributed by atoms with Gasteiger partial charge in [0.2, 0.25) is 0 Å². The molecule has 1 unspecified atom stereocenters. The minimum atomic E-state index is -3.36. The number of aliphatic hydroxyl groups is 1. The molecule has 0 bridgehead atoms. The minimum absolute atomic E-state index is 0.0806. The van der Waals surface area contributed by atoms with Gasteiger partial charge in [-0.3, -0.25) is 0 Å². The van der Waals surface area contributed by atoms with Crippen LogP contribution in [-0.2, 0) is 16.3 Å². The Labute approximate surface area is 141 Å². The van der Waals surface area contributed by atoms with E-state index < -0.39 is 21.4 Å². The largest absolute Gasteiger partial charge is 0.392 e. The third-order valence-electron chi connectivity index (χ3n) is 5.21. The number of aliphatic hydroxyl groups excluding tert-OH is 1. The Balaban J connectivity index is 2.47. The van der Waals surface area contributed by atoms with Crippen LogP contribution in [0.2, 0.25) is 0 Å². The highest BCUT2D eigenvalue weighted by Gasteiger charge is 2.44. The van der Waals surface area contributed by atoms with E-state index in [-0.39, 0.29) is 5.75 Å². The molecule has 0 fully saturated rings. The Bertz CT molecular complexity index is 626. The molecule has 1 aromatic carbocycles. The van der Waals surface area contributed by atoms with Gasteiger partial charge >= 0.3 is 0 Å². The zero-order valence-corrected chi connectivity index (χ0v) is 15.5. The standard InChI is InChI=1S/C19H30O3S/c1-4-6-10-19(11-7-5-2)14-23(21,22)17-9-8-15(3)12-16(17)13-18(19)20/h8-9,12,18,20H,4-7,10-11,13-14H2,1-3H3. The Morgan fingerprint density at radius 1 is 1.17 bits per heavy atom. The smallest absolute Gasteiger partial charge is 0.179 e. The van der Waals surface area contributed by atoms with Crippen LogP contribution in [-0.4, -0.2) is 25.4 Å². The molecule has 1 heterocycles. The van der Waals surface area contributed by atoms with Gasteiger partial charge in [0, 0.05) is 11.8 Å². The van der Waals surface area contributed by atoms with Crippen molar-refractivity contribution in [1.82, 2.24) is 0 Å². The van der Waals surface area contributed by atoms with E-state index in [1.165, 1.54) is 0 Å². The highest BCUT2D eigenvalue weighted by molar-refractivity contribution is 7.91. The van der Waals surface area contributed by atoms with Gasteiger partial charge in [0.15, 0.2) is 9.84 Å². The predicted octanol–water partition coefficient (Wildman–Crippen LogP) is 4.05. The van der Waals surface area contributed by atoms with Crippen LogP contribution in [0.5, 0.6) is 0 Å². The molecule has 2 rings (SSSR count). The first-order valence-electron chi connectivity index (χ1n) is 8.85. The van der Waals surface area contributed by atoms with Crippen LogP contribution in [0.25, 0.3) is 0 Å². The van der Waals surface area contributed by atoms with E-state index in [1.54, 1.807) is 6.07 Å². The minimum Gasteiger partial charge on any atom is -0.392 e. The lowest BCUT2D eigenvalue weighted by Crippen LogP contribution is -2.41.